The minimum Gasteiger partial charge on any atom is -0.507 e. The number of hydrogen-bond donors (Lipinski definition) is 2. The number of nitrogens with zero attached hydrogens (tertiary/aromatic N) is 1. The summed E-state index contributed by atoms with van der Waals surface area (Å²) < 4.78 is 11.1. The summed E-state index contributed by atoms with van der Waals surface area (Å²) in [6.07, 6.45) is 0.711. The van der Waals surface area contributed by atoms with Crippen LogP contribution in [0, 0.1) is 0 Å². The van der Waals surface area contributed by atoms with E-state index < -0.39 is 17.7 Å². The molecule has 7 nitrogen and oxygen atoms in total. The summed E-state index contributed by atoms with van der Waals surface area (Å²) in [6, 6.07) is 12.9. The Hall–Kier alpha value is -3.78. The standard InChI is InChI=1S/C26H23NO6S/c1-2-32-21-13-16(5-7-19(21)28)23-22(24(29)17-6-8-20-15(12-17)9-10-33-20)25(30)26(31)27(23)14-18-4-3-11-34-18/h3-8,11-13,23,28-29H,2,9-10,14H2,1H3/b24-22+. The van der Waals surface area contributed by atoms with E-state index in [-0.39, 0.29) is 29.4 Å². The Balaban J connectivity index is 1.65. The quantitative estimate of drug-likeness (QED) is 0.310. The number of Topliss-reactive ketones (excluding diaryl/α,β-unsaturated/α-hetero) is 1. The van der Waals surface area contributed by atoms with Gasteiger partial charge in [-0.05, 0) is 59.8 Å². The van der Waals surface area contributed by atoms with Gasteiger partial charge in [-0.2, -0.15) is 0 Å². The van der Waals surface area contributed by atoms with E-state index in [0.717, 1.165) is 16.2 Å². The molecule has 2 aliphatic heterocycles. The van der Waals surface area contributed by atoms with E-state index in [2.05, 4.69) is 0 Å². The number of aromatic hydroxyl groups is 1. The molecule has 0 saturated carbocycles. The van der Waals surface area contributed by atoms with Crippen LogP contribution in [0.4, 0.5) is 0 Å². The molecule has 34 heavy (non-hydrogen) atoms. The van der Waals surface area contributed by atoms with E-state index in [1.54, 1.807) is 37.3 Å². The minimum absolute atomic E-state index is 0.00793. The van der Waals surface area contributed by atoms with Crippen LogP contribution in [0.15, 0.2) is 59.5 Å². The summed E-state index contributed by atoms with van der Waals surface area (Å²) in [5, 5.41) is 23.4. The van der Waals surface area contributed by atoms with Gasteiger partial charge in [0.2, 0.25) is 0 Å². The van der Waals surface area contributed by atoms with E-state index in [1.165, 1.54) is 22.3 Å². The van der Waals surface area contributed by atoms with Crippen LogP contribution >= 0.6 is 11.3 Å². The smallest absolute Gasteiger partial charge is 0.295 e. The fourth-order valence-electron chi connectivity index (χ4n) is 4.42. The van der Waals surface area contributed by atoms with Crippen molar-refractivity contribution in [3.8, 4) is 17.2 Å². The number of aliphatic hydroxyl groups excluding tert-OH is 1. The minimum atomic E-state index is -0.841. The van der Waals surface area contributed by atoms with Crippen molar-refractivity contribution in [2.75, 3.05) is 13.2 Å². The molecule has 1 unspecified atom stereocenters. The maximum atomic E-state index is 13.2. The van der Waals surface area contributed by atoms with Crippen LogP contribution in [-0.4, -0.2) is 40.0 Å². The van der Waals surface area contributed by atoms with Crippen LogP contribution in [0.1, 0.15) is 34.5 Å². The molecule has 3 aromatic rings. The van der Waals surface area contributed by atoms with Gasteiger partial charge in [-0.25, -0.2) is 0 Å². The molecule has 174 valence electrons. The number of aliphatic hydroxyl groups is 1. The molecule has 1 aromatic heterocycles. The van der Waals surface area contributed by atoms with Gasteiger partial charge < -0.3 is 24.6 Å². The monoisotopic (exact) mass is 477 g/mol. The number of ketones is 1. The lowest BCUT2D eigenvalue weighted by Crippen LogP contribution is -2.28. The van der Waals surface area contributed by atoms with Crippen LogP contribution in [0.5, 0.6) is 17.2 Å². The Labute approximate surface area is 200 Å². The van der Waals surface area contributed by atoms with Gasteiger partial charge >= 0.3 is 0 Å². The van der Waals surface area contributed by atoms with Crippen molar-refractivity contribution in [3.05, 3.63) is 81.1 Å². The SMILES string of the molecule is CCOc1cc(C2/C(=C(\O)c3ccc4c(c3)CCO4)C(=O)C(=O)N2Cc2cccs2)ccc1O. The lowest BCUT2D eigenvalue weighted by atomic mass is 9.94. The van der Waals surface area contributed by atoms with Crippen molar-refractivity contribution in [2.24, 2.45) is 0 Å². The summed E-state index contributed by atoms with van der Waals surface area (Å²) in [4.78, 5) is 28.8. The van der Waals surface area contributed by atoms with E-state index in [0.29, 0.717) is 30.8 Å². The van der Waals surface area contributed by atoms with Crippen molar-refractivity contribution < 1.29 is 29.3 Å². The van der Waals surface area contributed by atoms with E-state index in [1.807, 2.05) is 17.5 Å². The van der Waals surface area contributed by atoms with Gasteiger partial charge in [0.15, 0.2) is 11.5 Å². The molecule has 1 saturated heterocycles. The van der Waals surface area contributed by atoms with Crippen LogP contribution < -0.4 is 9.47 Å². The van der Waals surface area contributed by atoms with E-state index >= 15 is 0 Å². The third-order valence-electron chi connectivity index (χ3n) is 6.01. The Morgan fingerprint density at radius 2 is 2.06 bits per heavy atom. The second kappa shape index (κ2) is 8.87. The average molecular weight is 478 g/mol. The first-order chi connectivity index (χ1) is 16.5. The molecule has 1 fully saturated rings. The van der Waals surface area contributed by atoms with Gasteiger partial charge in [-0.1, -0.05) is 12.1 Å². The number of carbonyl (C=O) groups excluding carboxylic acids is 2. The topological polar surface area (TPSA) is 96.3 Å². The number of phenolic OH excluding ortho intramolecular Hbond substituents is 1. The zero-order valence-electron chi connectivity index (χ0n) is 18.5. The highest BCUT2D eigenvalue weighted by Gasteiger charge is 2.46. The molecule has 0 spiro atoms. The molecule has 5 rings (SSSR count). The van der Waals surface area contributed by atoms with Crippen molar-refractivity contribution >= 4 is 28.8 Å². The van der Waals surface area contributed by atoms with Gasteiger partial charge in [0.25, 0.3) is 11.7 Å². The maximum absolute atomic E-state index is 13.2. The highest BCUT2D eigenvalue weighted by molar-refractivity contribution is 7.09. The van der Waals surface area contributed by atoms with Crippen molar-refractivity contribution in [1.82, 2.24) is 4.90 Å². The lowest BCUT2D eigenvalue weighted by Gasteiger charge is -2.25. The summed E-state index contributed by atoms with van der Waals surface area (Å²) in [5.74, 6) is -0.711. The van der Waals surface area contributed by atoms with Crippen LogP contribution in [0.2, 0.25) is 0 Å². The number of rotatable bonds is 6. The number of fused-ring (bicyclic) bond motifs is 1. The Morgan fingerprint density at radius 1 is 1.21 bits per heavy atom. The summed E-state index contributed by atoms with van der Waals surface area (Å²) in [7, 11) is 0. The maximum Gasteiger partial charge on any atom is 0.295 e. The Bertz CT molecular complexity index is 1300. The first-order valence-electron chi connectivity index (χ1n) is 11.0. The third kappa shape index (κ3) is 3.80. The first-order valence-corrected chi connectivity index (χ1v) is 11.9. The molecule has 1 amide bonds. The van der Waals surface area contributed by atoms with Gasteiger partial charge in [0.1, 0.15) is 11.5 Å². The van der Waals surface area contributed by atoms with Crippen molar-refractivity contribution in [3.63, 3.8) is 0 Å². The Kier molecular flexibility index (Phi) is 5.75. The molecular weight excluding hydrogens is 454 g/mol. The highest BCUT2D eigenvalue weighted by Crippen LogP contribution is 2.43. The average Bonchev–Trinajstić information content (AvgIpc) is 3.57. The molecule has 3 heterocycles. The summed E-state index contributed by atoms with van der Waals surface area (Å²) in [6.45, 7) is 2.92. The first kappa shape index (κ1) is 22.0. The van der Waals surface area contributed by atoms with E-state index in [9.17, 15) is 19.8 Å². The highest BCUT2D eigenvalue weighted by atomic mass is 32.1. The third-order valence-corrected chi connectivity index (χ3v) is 6.87. The number of thiophene rings is 1. The summed E-state index contributed by atoms with van der Waals surface area (Å²) in [5.41, 5.74) is 1.96. The number of benzene rings is 2. The normalized spacial score (nSPS) is 18.7. The molecular formula is C26H23NO6S. The molecule has 0 aliphatic carbocycles. The number of amides is 1. The van der Waals surface area contributed by atoms with E-state index in [4.69, 9.17) is 9.47 Å². The number of phenols is 1. The molecule has 2 aliphatic rings. The second-order valence-corrected chi connectivity index (χ2v) is 9.12. The zero-order valence-corrected chi connectivity index (χ0v) is 19.3. The molecule has 2 N–H and O–H groups in total. The van der Waals surface area contributed by atoms with Gasteiger partial charge in [0.05, 0.1) is 31.4 Å². The number of carbonyl (C=O) groups is 2. The summed E-state index contributed by atoms with van der Waals surface area (Å²) >= 11 is 1.48. The molecule has 0 radical (unpaired) electrons. The van der Waals surface area contributed by atoms with Gasteiger partial charge in [-0.3, -0.25) is 9.59 Å². The van der Waals surface area contributed by atoms with Crippen LogP contribution in [-0.2, 0) is 22.6 Å². The molecule has 0 bridgehead atoms. The molecule has 8 heteroatoms. The fourth-order valence-corrected chi connectivity index (χ4v) is 5.12. The number of hydrogen-bond acceptors (Lipinski definition) is 7. The van der Waals surface area contributed by atoms with Crippen LogP contribution in [0.25, 0.3) is 5.76 Å². The number of likely N-dealkylation sites (tertiary alicyclic amines) is 1. The largest absolute Gasteiger partial charge is 0.507 e. The fraction of sp³-hybridized carbons (Fsp3) is 0.231. The number of ether oxygens (including phenoxy) is 2. The van der Waals surface area contributed by atoms with Gasteiger partial charge in [0, 0.05) is 16.9 Å². The Morgan fingerprint density at radius 3 is 2.82 bits per heavy atom. The van der Waals surface area contributed by atoms with Crippen LogP contribution in [0.3, 0.4) is 0 Å². The van der Waals surface area contributed by atoms with Gasteiger partial charge in [-0.15, -0.1) is 11.3 Å². The predicted molar refractivity (Wildman–Crippen MR) is 127 cm³/mol. The van der Waals surface area contributed by atoms with Crippen molar-refractivity contribution in [2.45, 2.75) is 25.9 Å². The second-order valence-electron chi connectivity index (χ2n) is 8.09. The van der Waals surface area contributed by atoms with Crippen molar-refractivity contribution in [1.29, 1.82) is 0 Å². The predicted octanol–water partition coefficient (Wildman–Crippen LogP) is 4.41. The zero-order chi connectivity index (χ0) is 23.8. The molecule has 2 aromatic carbocycles. The lowest BCUT2D eigenvalue weighted by molar-refractivity contribution is -0.140. The molecule has 1 atom stereocenters.